The number of aliphatic hydroxyl groups is 1. The Hall–Kier alpha value is -1.09. The fourth-order valence-electron chi connectivity index (χ4n) is 0.898. The first kappa shape index (κ1) is 9.00. The Labute approximate surface area is 72.7 Å². The lowest BCUT2D eigenvalue weighted by Gasteiger charge is -2.14. The van der Waals surface area contributed by atoms with Crippen molar-refractivity contribution in [3.63, 3.8) is 0 Å². The van der Waals surface area contributed by atoms with Gasteiger partial charge in [0.1, 0.15) is 5.82 Å². The summed E-state index contributed by atoms with van der Waals surface area (Å²) in [4.78, 5) is 6.23. The first-order valence-electron chi connectivity index (χ1n) is 4.05. The summed E-state index contributed by atoms with van der Waals surface area (Å²) in [6.07, 6.45) is 1.70. The number of aliphatic hydroxyl groups excluding tert-OH is 1. The normalized spacial score (nSPS) is 9.92. The minimum Gasteiger partial charge on any atom is -0.392 e. The summed E-state index contributed by atoms with van der Waals surface area (Å²) in [5, 5.41) is 8.77. The molecule has 0 aliphatic carbocycles. The van der Waals surface area contributed by atoms with E-state index in [0.717, 1.165) is 17.9 Å². The van der Waals surface area contributed by atoms with Crippen LogP contribution in [0.15, 0.2) is 18.3 Å². The Bertz CT molecular complexity index is 233. The van der Waals surface area contributed by atoms with Gasteiger partial charge >= 0.3 is 0 Å². The van der Waals surface area contributed by atoms with E-state index in [1.807, 2.05) is 24.1 Å². The Balaban J connectivity index is 2.77. The molecule has 3 nitrogen and oxygen atoms in total. The highest BCUT2D eigenvalue weighted by molar-refractivity contribution is 5.37. The fourth-order valence-corrected chi connectivity index (χ4v) is 0.898. The second kappa shape index (κ2) is 4.07. The average molecular weight is 166 g/mol. The lowest BCUT2D eigenvalue weighted by molar-refractivity contribution is 0.281. The summed E-state index contributed by atoms with van der Waals surface area (Å²) in [6, 6.07) is 3.80. The second-order valence-corrected chi connectivity index (χ2v) is 2.70. The molecule has 1 rings (SSSR count). The SMILES string of the molecule is CCN(C)c1ccc(CO)cn1. The molecule has 1 N–H and O–H groups in total. The number of anilines is 1. The van der Waals surface area contributed by atoms with Crippen LogP contribution >= 0.6 is 0 Å². The third kappa shape index (κ3) is 1.95. The van der Waals surface area contributed by atoms with E-state index in [2.05, 4.69) is 11.9 Å². The Morgan fingerprint density at radius 1 is 1.50 bits per heavy atom. The Morgan fingerprint density at radius 3 is 2.67 bits per heavy atom. The molecule has 0 saturated heterocycles. The summed E-state index contributed by atoms with van der Waals surface area (Å²) in [7, 11) is 1.99. The highest BCUT2D eigenvalue weighted by atomic mass is 16.3. The monoisotopic (exact) mass is 166 g/mol. The van der Waals surface area contributed by atoms with Crippen molar-refractivity contribution in [1.82, 2.24) is 4.98 Å². The summed E-state index contributed by atoms with van der Waals surface area (Å²) in [5.74, 6) is 0.940. The maximum absolute atomic E-state index is 8.77. The standard InChI is InChI=1S/C9H14N2O/c1-3-11(2)9-5-4-8(7-12)6-10-9/h4-6,12H,3,7H2,1-2H3. The number of rotatable bonds is 3. The van der Waals surface area contributed by atoms with Gasteiger partial charge in [-0.1, -0.05) is 6.07 Å². The van der Waals surface area contributed by atoms with Gasteiger partial charge in [0.15, 0.2) is 0 Å². The van der Waals surface area contributed by atoms with Gasteiger partial charge in [0, 0.05) is 19.8 Å². The lowest BCUT2D eigenvalue weighted by Crippen LogP contribution is -2.16. The number of hydrogen-bond donors (Lipinski definition) is 1. The van der Waals surface area contributed by atoms with Gasteiger partial charge in [-0.3, -0.25) is 0 Å². The van der Waals surface area contributed by atoms with Gasteiger partial charge in [-0.15, -0.1) is 0 Å². The van der Waals surface area contributed by atoms with E-state index in [1.165, 1.54) is 0 Å². The van der Waals surface area contributed by atoms with E-state index in [0.29, 0.717) is 0 Å². The molecule has 0 aromatic carbocycles. The number of nitrogens with zero attached hydrogens (tertiary/aromatic N) is 2. The van der Waals surface area contributed by atoms with Gasteiger partial charge in [-0.25, -0.2) is 4.98 Å². The zero-order valence-electron chi connectivity index (χ0n) is 7.49. The van der Waals surface area contributed by atoms with Crippen molar-refractivity contribution in [1.29, 1.82) is 0 Å². The zero-order valence-corrected chi connectivity index (χ0v) is 7.49. The van der Waals surface area contributed by atoms with E-state index in [9.17, 15) is 0 Å². The highest BCUT2D eigenvalue weighted by Crippen LogP contribution is 2.08. The summed E-state index contributed by atoms with van der Waals surface area (Å²) in [5.41, 5.74) is 0.850. The van der Waals surface area contributed by atoms with Gasteiger partial charge in [-0.2, -0.15) is 0 Å². The van der Waals surface area contributed by atoms with Crippen LogP contribution < -0.4 is 4.90 Å². The fraction of sp³-hybridized carbons (Fsp3) is 0.444. The molecule has 1 heterocycles. The molecule has 12 heavy (non-hydrogen) atoms. The number of pyridine rings is 1. The van der Waals surface area contributed by atoms with Gasteiger partial charge in [0.05, 0.1) is 6.61 Å². The molecule has 0 spiro atoms. The molecule has 0 aliphatic heterocycles. The van der Waals surface area contributed by atoms with E-state index in [1.54, 1.807) is 6.20 Å². The van der Waals surface area contributed by atoms with Crippen molar-refractivity contribution in [2.75, 3.05) is 18.5 Å². The molecule has 0 amide bonds. The number of aromatic nitrogens is 1. The Kier molecular flexibility index (Phi) is 3.05. The van der Waals surface area contributed by atoms with Crippen molar-refractivity contribution < 1.29 is 5.11 Å². The molecular formula is C9H14N2O. The van der Waals surface area contributed by atoms with Crippen LogP contribution in [0.4, 0.5) is 5.82 Å². The van der Waals surface area contributed by atoms with Crippen LogP contribution in [-0.2, 0) is 6.61 Å². The van der Waals surface area contributed by atoms with Crippen LogP contribution in [0.1, 0.15) is 12.5 Å². The molecule has 0 radical (unpaired) electrons. The van der Waals surface area contributed by atoms with Gasteiger partial charge in [0.2, 0.25) is 0 Å². The molecule has 0 bridgehead atoms. The third-order valence-electron chi connectivity index (χ3n) is 1.86. The first-order valence-corrected chi connectivity index (χ1v) is 4.05. The molecule has 0 aliphatic rings. The van der Waals surface area contributed by atoms with Crippen molar-refractivity contribution >= 4 is 5.82 Å². The predicted molar refractivity (Wildman–Crippen MR) is 49.1 cm³/mol. The molecule has 0 saturated carbocycles. The molecule has 3 heteroatoms. The molecule has 1 aromatic heterocycles. The first-order chi connectivity index (χ1) is 5.77. The van der Waals surface area contributed by atoms with E-state index < -0.39 is 0 Å². The summed E-state index contributed by atoms with van der Waals surface area (Å²) >= 11 is 0. The predicted octanol–water partition coefficient (Wildman–Crippen LogP) is 1.03. The largest absolute Gasteiger partial charge is 0.392 e. The van der Waals surface area contributed by atoms with Crippen LogP contribution in [0.5, 0.6) is 0 Å². The van der Waals surface area contributed by atoms with Gasteiger partial charge < -0.3 is 10.0 Å². The second-order valence-electron chi connectivity index (χ2n) is 2.70. The quantitative estimate of drug-likeness (QED) is 0.728. The van der Waals surface area contributed by atoms with E-state index in [-0.39, 0.29) is 6.61 Å². The van der Waals surface area contributed by atoms with Crippen molar-refractivity contribution in [3.8, 4) is 0 Å². The summed E-state index contributed by atoms with van der Waals surface area (Å²) in [6.45, 7) is 3.07. The van der Waals surface area contributed by atoms with Crippen molar-refractivity contribution in [2.24, 2.45) is 0 Å². The van der Waals surface area contributed by atoms with E-state index >= 15 is 0 Å². The molecule has 1 aromatic rings. The minimum absolute atomic E-state index is 0.0587. The van der Waals surface area contributed by atoms with E-state index in [4.69, 9.17) is 5.11 Å². The summed E-state index contributed by atoms with van der Waals surface area (Å²) < 4.78 is 0. The van der Waals surface area contributed by atoms with Crippen LogP contribution in [-0.4, -0.2) is 23.7 Å². The minimum atomic E-state index is 0.0587. The van der Waals surface area contributed by atoms with Crippen molar-refractivity contribution in [2.45, 2.75) is 13.5 Å². The average Bonchev–Trinajstić information content (AvgIpc) is 2.17. The highest BCUT2D eigenvalue weighted by Gasteiger charge is 1.98. The molecule has 0 unspecified atom stereocenters. The molecule has 0 fully saturated rings. The maximum atomic E-state index is 8.77. The van der Waals surface area contributed by atoms with Crippen molar-refractivity contribution in [3.05, 3.63) is 23.9 Å². The third-order valence-corrected chi connectivity index (χ3v) is 1.86. The van der Waals surface area contributed by atoms with Crippen LogP contribution in [0, 0.1) is 0 Å². The van der Waals surface area contributed by atoms with Crippen LogP contribution in [0.2, 0.25) is 0 Å². The van der Waals surface area contributed by atoms with Gasteiger partial charge in [0.25, 0.3) is 0 Å². The van der Waals surface area contributed by atoms with Crippen LogP contribution in [0.3, 0.4) is 0 Å². The lowest BCUT2D eigenvalue weighted by atomic mass is 10.3. The number of hydrogen-bond acceptors (Lipinski definition) is 3. The molecular weight excluding hydrogens is 152 g/mol. The zero-order chi connectivity index (χ0) is 8.97. The molecule has 66 valence electrons. The smallest absolute Gasteiger partial charge is 0.128 e. The maximum Gasteiger partial charge on any atom is 0.128 e. The molecule has 0 atom stereocenters. The van der Waals surface area contributed by atoms with Gasteiger partial charge in [-0.05, 0) is 18.6 Å². The topological polar surface area (TPSA) is 36.4 Å². The Morgan fingerprint density at radius 2 is 2.25 bits per heavy atom. The van der Waals surface area contributed by atoms with Crippen LogP contribution in [0.25, 0.3) is 0 Å².